The highest BCUT2D eigenvalue weighted by molar-refractivity contribution is 7.91. The van der Waals surface area contributed by atoms with Gasteiger partial charge in [0.15, 0.2) is 9.84 Å². The van der Waals surface area contributed by atoms with Gasteiger partial charge in [0.25, 0.3) is 0 Å². The molecule has 1 aromatic rings. The van der Waals surface area contributed by atoms with Gasteiger partial charge in [-0.2, -0.15) is 0 Å². The molecule has 0 spiro atoms. The Kier molecular flexibility index (Phi) is 3.41. The molecule has 1 saturated carbocycles. The maximum Gasteiger partial charge on any atom is 0.180 e. The van der Waals surface area contributed by atoms with Gasteiger partial charge in [0.1, 0.15) is 0 Å². The normalized spacial score (nSPS) is 28.2. The number of hydrogen-bond donors (Lipinski definition) is 1. The van der Waals surface area contributed by atoms with Crippen LogP contribution < -0.4 is 5.32 Å². The summed E-state index contributed by atoms with van der Waals surface area (Å²) in [7, 11) is -3.09. The first-order valence-electron chi connectivity index (χ1n) is 7.45. The third kappa shape index (κ3) is 2.63. The molecule has 0 aromatic heterocycles. The number of nitrogens with one attached hydrogen (secondary N) is 1. The van der Waals surface area contributed by atoms with E-state index < -0.39 is 9.84 Å². The molecule has 4 heteroatoms. The predicted molar refractivity (Wildman–Crippen MR) is 80.4 cm³/mol. The van der Waals surface area contributed by atoms with E-state index in [1.165, 1.54) is 12.8 Å². The largest absolute Gasteiger partial charge is 0.306 e. The molecule has 1 N–H and O–H groups in total. The molecule has 3 nitrogen and oxygen atoms in total. The molecule has 2 aliphatic rings. The van der Waals surface area contributed by atoms with Gasteiger partial charge < -0.3 is 5.32 Å². The van der Waals surface area contributed by atoms with Gasteiger partial charge in [0.05, 0.1) is 10.6 Å². The van der Waals surface area contributed by atoms with Gasteiger partial charge in [-0.1, -0.05) is 32.0 Å². The molecule has 0 bridgehead atoms. The first-order valence-corrected chi connectivity index (χ1v) is 9.10. The number of benzene rings is 1. The molecule has 3 rings (SSSR count). The van der Waals surface area contributed by atoms with Crippen LogP contribution in [-0.2, 0) is 9.84 Å². The van der Waals surface area contributed by atoms with E-state index in [9.17, 15) is 8.42 Å². The number of hydrogen-bond acceptors (Lipinski definition) is 3. The molecule has 1 aromatic carbocycles. The molecular formula is C16H23NO2S. The summed E-state index contributed by atoms with van der Waals surface area (Å²) in [5, 5.41) is 3.59. The lowest BCUT2D eigenvalue weighted by Crippen LogP contribution is -2.38. The number of fused-ring (bicyclic) bond motifs is 1. The number of sulfone groups is 1. The van der Waals surface area contributed by atoms with Crippen molar-refractivity contribution in [2.24, 2.45) is 5.41 Å². The summed E-state index contributed by atoms with van der Waals surface area (Å²) < 4.78 is 24.3. The molecule has 0 radical (unpaired) electrons. The molecule has 0 amide bonds. The van der Waals surface area contributed by atoms with Crippen molar-refractivity contribution in [1.29, 1.82) is 0 Å². The molecular weight excluding hydrogens is 270 g/mol. The highest BCUT2D eigenvalue weighted by Crippen LogP contribution is 2.38. The minimum atomic E-state index is -3.09. The van der Waals surface area contributed by atoms with Crippen molar-refractivity contribution in [3.8, 4) is 0 Å². The van der Waals surface area contributed by atoms with E-state index in [4.69, 9.17) is 0 Å². The van der Waals surface area contributed by atoms with E-state index in [1.807, 2.05) is 18.2 Å². The van der Waals surface area contributed by atoms with E-state index in [0.717, 1.165) is 18.4 Å². The van der Waals surface area contributed by atoms with E-state index in [0.29, 0.717) is 16.4 Å². The number of rotatable bonds is 2. The summed E-state index contributed by atoms with van der Waals surface area (Å²) in [6.45, 7) is 4.64. The van der Waals surface area contributed by atoms with Crippen LogP contribution in [0.25, 0.3) is 0 Å². The van der Waals surface area contributed by atoms with Crippen LogP contribution in [0.4, 0.5) is 0 Å². The Hall–Kier alpha value is -0.870. The summed E-state index contributed by atoms with van der Waals surface area (Å²) in [5.41, 5.74) is 1.40. The third-order valence-electron chi connectivity index (χ3n) is 4.79. The van der Waals surface area contributed by atoms with Crippen molar-refractivity contribution in [2.45, 2.75) is 56.5 Å². The average Bonchev–Trinajstić information content (AvgIpc) is 2.65. The van der Waals surface area contributed by atoms with Crippen LogP contribution in [0.1, 0.15) is 51.1 Å². The van der Waals surface area contributed by atoms with Crippen LogP contribution in [0.3, 0.4) is 0 Å². The van der Waals surface area contributed by atoms with Crippen molar-refractivity contribution in [3.63, 3.8) is 0 Å². The zero-order valence-electron chi connectivity index (χ0n) is 12.2. The zero-order valence-corrected chi connectivity index (χ0v) is 13.0. The van der Waals surface area contributed by atoms with Crippen molar-refractivity contribution >= 4 is 9.84 Å². The van der Waals surface area contributed by atoms with Gasteiger partial charge >= 0.3 is 0 Å². The second kappa shape index (κ2) is 4.85. The van der Waals surface area contributed by atoms with Crippen LogP contribution in [0, 0.1) is 5.41 Å². The van der Waals surface area contributed by atoms with Crippen molar-refractivity contribution in [3.05, 3.63) is 29.8 Å². The van der Waals surface area contributed by atoms with Gasteiger partial charge in [-0.15, -0.1) is 0 Å². The monoisotopic (exact) mass is 293 g/mol. The molecule has 20 heavy (non-hydrogen) atoms. The minimum absolute atomic E-state index is 0.0255. The maximum absolute atomic E-state index is 12.2. The standard InChI is InChI=1S/C16H23NO2S/c1-16(2)9-7-12(8-10-16)17-14-11-20(18,19)15-6-4-3-5-13(14)15/h3-6,12,14,17H,7-11H2,1-2H3. The Balaban J connectivity index is 1.74. The van der Waals surface area contributed by atoms with Crippen LogP contribution in [0.15, 0.2) is 29.2 Å². The summed E-state index contributed by atoms with van der Waals surface area (Å²) in [4.78, 5) is 0.522. The fourth-order valence-corrected chi connectivity index (χ4v) is 5.19. The Morgan fingerprint density at radius 3 is 2.50 bits per heavy atom. The van der Waals surface area contributed by atoms with E-state index >= 15 is 0 Å². The van der Waals surface area contributed by atoms with Crippen LogP contribution >= 0.6 is 0 Å². The molecule has 1 atom stereocenters. The van der Waals surface area contributed by atoms with Crippen molar-refractivity contribution < 1.29 is 8.42 Å². The molecule has 1 aliphatic heterocycles. The molecule has 1 aliphatic carbocycles. The molecule has 1 unspecified atom stereocenters. The Morgan fingerprint density at radius 1 is 1.15 bits per heavy atom. The summed E-state index contributed by atoms with van der Waals surface area (Å²) >= 11 is 0. The second-order valence-electron chi connectivity index (χ2n) is 6.98. The van der Waals surface area contributed by atoms with Gasteiger partial charge in [-0.05, 0) is 42.7 Å². The van der Waals surface area contributed by atoms with Gasteiger partial charge in [0, 0.05) is 12.1 Å². The van der Waals surface area contributed by atoms with Gasteiger partial charge in [0.2, 0.25) is 0 Å². The smallest absolute Gasteiger partial charge is 0.180 e. The predicted octanol–water partition coefficient (Wildman–Crippen LogP) is 3.07. The van der Waals surface area contributed by atoms with Gasteiger partial charge in [-0.25, -0.2) is 8.42 Å². The first-order chi connectivity index (χ1) is 9.37. The Morgan fingerprint density at radius 2 is 1.80 bits per heavy atom. The van der Waals surface area contributed by atoms with Gasteiger partial charge in [-0.3, -0.25) is 0 Å². The molecule has 110 valence electrons. The van der Waals surface area contributed by atoms with Crippen molar-refractivity contribution in [1.82, 2.24) is 5.32 Å². The quantitative estimate of drug-likeness (QED) is 0.911. The zero-order chi connectivity index (χ0) is 14.4. The SMILES string of the molecule is CC1(C)CCC(NC2CS(=O)(=O)c3ccccc32)CC1. The third-order valence-corrected chi connectivity index (χ3v) is 6.61. The van der Waals surface area contributed by atoms with Crippen LogP contribution in [-0.4, -0.2) is 20.2 Å². The highest BCUT2D eigenvalue weighted by Gasteiger charge is 2.36. The first kappa shape index (κ1) is 14.1. The molecule has 1 fully saturated rings. The summed E-state index contributed by atoms with van der Waals surface area (Å²) in [6.07, 6.45) is 4.72. The average molecular weight is 293 g/mol. The van der Waals surface area contributed by atoms with E-state index in [-0.39, 0.29) is 11.8 Å². The van der Waals surface area contributed by atoms with Crippen LogP contribution in [0.2, 0.25) is 0 Å². The Bertz CT molecular complexity index is 597. The van der Waals surface area contributed by atoms with Crippen LogP contribution in [0.5, 0.6) is 0 Å². The molecule has 0 saturated heterocycles. The lowest BCUT2D eigenvalue weighted by molar-refractivity contribution is 0.200. The second-order valence-corrected chi connectivity index (χ2v) is 8.98. The maximum atomic E-state index is 12.2. The fraction of sp³-hybridized carbons (Fsp3) is 0.625. The lowest BCUT2D eigenvalue weighted by atomic mass is 9.75. The minimum Gasteiger partial charge on any atom is -0.306 e. The molecule has 1 heterocycles. The fourth-order valence-electron chi connectivity index (χ4n) is 3.44. The Labute approximate surface area is 121 Å². The summed E-state index contributed by atoms with van der Waals surface area (Å²) in [6, 6.07) is 7.85. The van der Waals surface area contributed by atoms with E-state index in [2.05, 4.69) is 19.2 Å². The topological polar surface area (TPSA) is 46.2 Å². The lowest BCUT2D eigenvalue weighted by Gasteiger charge is -2.36. The summed E-state index contributed by atoms with van der Waals surface area (Å²) in [5.74, 6) is 0.215. The highest BCUT2D eigenvalue weighted by atomic mass is 32.2. The van der Waals surface area contributed by atoms with E-state index in [1.54, 1.807) is 6.07 Å². The van der Waals surface area contributed by atoms with Crippen molar-refractivity contribution in [2.75, 3.05) is 5.75 Å².